The first-order valence-corrected chi connectivity index (χ1v) is 6.44. The summed E-state index contributed by atoms with van der Waals surface area (Å²) >= 11 is 0. The average molecular weight is 258 g/mol. The maximum absolute atomic E-state index is 13.2. The Balaban J connectivity index is 1.92. The molecule has 2 atom stereocenters. The molecule has 18 heavy (non-hydrogen) atoms. The van der Waals surface area contributed by atoms with Gasteiger partial charge < -0.3 is 14.9 Å². The van der Waals surface area contributed by atoms with E-state index < -0.39 is 12.2 Å². The minimum Gasteiger partial charge on any atom is -0.394 e. The van der Waals surface area contributed by atoms with E-state index in [1.807, 2.05) is 0 Å². The number of halogens is 1. The van der Waals surface area contributed by atoms with Crippen LogP contribution >= 0.6 is 0 Å². The van der Waals surface area contributed by atoms with Crippen LogP contribution in [0.25, 0.3) is 0 Å². The van der Waals surface area contributed by atoms with Gasteiger partial charge in [-0.2, -0.15) is 0 Å². The summed E-state index contributed by atoms with van der Waals surface area (Å²) < 4.78 is 13.2. The molecular weight excluding hydrogens is 239 g/mol. The van der Waals surface area contributed by atoms with Crippen molar-refractivity contribution >= 4 is 11.8 Å². The lowest BCUT2D eigenvalue weighted by molar-refractivity contribution is -0.142. The second kappa shape index (κ2) is 5.65. The normalized spacial score (nSPS) is 28.9. The fourth-order valence-corrected chi connectivity index (χ4v) is 2.62. The number of alkyl halides is 1. The van der Waals surface area contributed by atoms with Crippen LogP contribution in [-0.4, -0.2) is 65.2 Å². The number of nitrogens with zero attached hydrogens (tertiary/aromatic N) is 2. The molecule has 0 aromatic rings. The standard InChI is InChI=1S/C12H19FN2O3/c13-9-5-10(8-16)15(6-9)12(18)7-14-4-2-1-3-11(14)17/h9-10,16H,1-8H2/t9-,10-/m0/s1. The molecule has 102 valence electrons. The van der Waals surface area contributed by atoms with Gasteiger partial charge in [0.15, 0.2) is 0 Å². The summed E-state index contributed by atoms with van der Waals surface area (Å²) in [5.74, 6) is -0.268. The number of hydrogen-bond donors (Lipinski definition) is 1. The molecular formula is C12H19FN2O3. The van der Waals surface area contributed by atoms with Crippen LogP contribution in [0.5, 0.6) is 0 Å². The van der Waals surface area contributed by atoms with Crippen LogP contribution in [0.3, 0.4) is 0 Å². The van der Waals surface area contributed by atoms with Gasteiger partial charge in [-0.25, -0.2) is 4.39 Å². The third-order valence-corrected chi connectivity index (χ3v) is 3.64. The number of carbonyl (C=O) groups excluding carboxylic acids is 2. The molecule has 2 aliphatic rings. The maximum atomic E-state index is 13.2. The van der Waals surface area contributed by atoms with Crippen molar-refractivity contribution in [3.63, 3.8) is 0 Å². The van der Waals surface area contributed by atoms with E-state index in [9.17, 15) is 14.0 Å². The Hall–Kier alpha value is -1.17. The van der Waals surface area contributed by atoms with Crippen molar-refractivity contribution in [2.75, 3.05) is 26.2 Å². The number of hydrogen-bond acceptors (Lipinski definition) is 3. The highest BCUT2D eigenvalue weighted by atomic mass is 19.1. The largest absolute Gasteiger partial charge is 0.394 e. The zero-order valence-electron chi connectivity index (χ0n) is 10.3. The number of carbonyl (C=O) groups is 2. The van der Waals surface area contributed by atoms with Crippen LogP contribution in [0, 0.1) is 0 Å². The van der Waals surface area contributed by atoms with E-state index in [2.05, 4.69) is 0 Å². The lowest BCUT2D eigenvalue weighted by Gasteiger charge is -2.29. The monoisotopic (exact) mass is 258 g/mol. The van der Waals surface area contributed by atoms with Crippen LogP contribution in [-0.2, 0) is 9.59 Å². The number of likely N-dealkylation sites (tertiary alicyclic amines) is 2. The first-order chi connectivity index (χ1) is 8.61. The third kappa shape index (κ3) is 2.80. The van der Waals surface area contributed by atoms with Gasteiger partial charge in [0.2, 0.25) is 11.8 Å². The molecule has 0 radical (unpaired) electrons. The van der Waals surface area contributed by atoms with E-state index in [0.717, 1.165) is 12.8 Å². The van der Waals surface area contributed by atoms with Gasteiger partial charge in [0.05, 0.1) is 25.7 Å². The fourth-order valence-electron chi connectivity index (χ4n) is 2.62. The summed E-state index contributed by atoms with van der Waals surface area (Å²) in [7, 11) is 0. The fraction of sp³-hybridized carbons (Fsp3) is 0.833. The quantitative estimate of drug-likeness (QED) is 0.771. The third-order valence-electron chi connectivity index (χ3n) is 3.64. The zero-order valence-corrected chi connectivity index (χ0v) is 10.3. The number of aliphatic hydroxyl groups is 1. The molecule has 2 saturated heterocycles. The van der Waals surface area contributed by atoms with Crippen LogP contribution in [0.15, 0.2) is 0 Å². The molecule has 0 spiro atoms. The van der Waals surface area contributed by atoms with E-state index in [1.165, 1.54) is 9.80 Å². The van der Waals surface area contributed by atoms with Gasteiger partial charge in [-0.15, -0.1) is 0 Å². The van der Waals surface area contributed by atoms with Crippen LogP contribution < -0.4 is 0 Å². The van der Waals surface area contributed by atoms with E-state index in [-0.39, 0.29) is 37.9 Å². The van der Waals surface area contributed by atoms with Gasteiger partial charge >= 0.3 is 0 Å². The van der Waals surface area contributed by atoms with Crippen molar-refractivity contribution in [3.05, 3.63) is 0 Å². The summed E-state index contributed by atoms with van der Waals surface area (Å²) in [4.78, 5) is 26.5. The lowest BCUT2D eigenvalue weighted by atomic mass is 10.1. The summed E-state index contributed by atoms with van der Waals surface area (Å²) in [6.07, 6.45) is 1.40. The van der Waals surface area contributed by atoms with Crippen LogP contribution in [0.1, 0.15) is 25.7 Å². The van der Waals surface area contributed by atoms with Gasteiger partial charge in [-0.1, -0.05) is 0 Å². The van der Waals surface area contributed by atoms with Gasteiger partial charge in [0, 0.05) is 19.4 Å². The number of aliphatic hydroxyl groups excluding tert-OH is 1. The molecule has 6 heteroatoms. The average Bonchev–Trinajstić information content (AvgIpc) is 2.73. The summed E-state index contributed by atoms with van der Waals surface area (Å²) in [5, 5.41) is 9.12. The topological polar surface area (TPSA) is 60.9 Å². The predicted octanol–water partition coefficient (Wildman–Crippen LogP) is -0.0698. The van der Waals surface area contributed by atoms with Gasteiger partial charge in [0.25, 0.3) is 0 Å². The molecule has 2 amide bonds. The van der Waals surface area contributed by atoms with Gasteiger partial charge in [-0.05, 0) is 12.8 Å². The van der Waals surface area contributed by atoms with E-state index in [1.54, 1.807) is 0 Å². The first-order valence-electron chi connectivity index (χ1n) is 6.44. The van der Waals surface area contributed by atoms with Crippen molar-refractivity contribution in [2.24, 2.45) is 0 Å². The summed E-state index contributed by atoms with van der Waals surface area (Å²) in [6, 6.07) is -0.438. The molecule has 0 unspecified atom stereocenters. The Bertz CT molecular complexity index is 337. The highest BCUT2D eigenvalue weighted by molar-refractivity contribution is 5.85. The minimum absolute atomic E-state index is 0.00820. The number of piperidine rings is 1. The molecule has 0 bridgehead atoms. The number of amides is 2. The Kier molecular flexibility index (Phi) is 4.16. The number of rotatable bonds is 3. The highest BCUT2D eigenvalue weighted by Gasteiger charge is 2.35. The van der Waals surface area contributed by atoms with Crippen molar-refractivity contribution in [1.82, 2.24) is 9.80 Å². The molecule has 1 N–H and O–H groups in total. The first kappa shape index (κ1) is 13.3. The van der Waals surface area contributed by atoms with E-state index in [4.69, 9.17) is 5.11 Å². The Morgan fingerprint density at radius 2 is 2.22 bits per heavy atom. The van der Waals surface area contributed by atoms with E-state index >= 15 is 0 Å². The molecule has 2 rings (SSSR count). The Morgan fingerprint density at radius 3 is 2.89 bits per heavy atom. The second-order valence-corrected chi connectivity index (χ2v) is 4.99. The summed E-state index contributed by atoms with van der Waals surface area (Å²) in [5.41, 5.74) is 0. The summed E-state index contributed by atoms with van der Waals surface area (Å²) in [6.45, 7) is 0.426. The van der Waals surface area contributed by atoms with Crippen molar-refractivity contribution in [2.45, 2.75) is 37.9 Å². The minimum atomic E-state index is -1.07. The van der Waals surface area contributed by atoms with Gasteiger partial charge in [-0.3, -0.25) is 9.59 Å². The molecule has 0 saturated carbocycles. The molecule has 0 aromatic heterocycles. The van der Waals surface area contributed by atoms with Gasteiger partial charge in [0.1, 0.15) is 6.17 Å². The predicted molar refractivity (Wildman–Crippen MR) is 62.5 cm³/mol. The SMILES string of the molecule is O=C1CCCCN1CC(=O)N1C[C@@H](F)C[C@H]1CO. The van der Waals surface area contributed by atoms with Crippen molar-refractivity contribution < 1.29 is 19.1 Å². The molecule has 2 heterocycles. The van der Waals surface area contributed by atoms with Crippen molar-refractivity contribution in [1.29, 1.82) is 0 Å². The van der Waals surface area contributed by atoms with Crippen LogP contribution in [0.4, 0.5) is 4.39 Å². The smallest absolute Gasteiger partial charge is 0.242 e. The molecule has 2 aliphatic heterocycles. The Morgan fingerprint density at radius 1 is 1.44 bits per heavy atom. The van der Waals surface area contributed by atoms with E-state index in [0.29, 0.717) is 13.0 Å². The zero-order chi connectivity index (χ0) is 13.1. The Labute approximate surface area is 106 Å². The maximum Gasteiger partial charge on any atom is 0.242 e. The van der Waals surface area contributed by atoms with Crippen molar-refractivity contribution in [3.8, 4) is 0 Å². The highest BCUT2D eigenvalue weighted by Crippen LogP contribution is 2.21. The lowest BCUT2D eigenvalue weighted by Crippen LogP contribution is -2.47. The molecule has 2 fully saturated rings. The van der Waals surface area contributed by atoms with Crippen LogP contribution in [0.2, 0.25) is 0 Å². The molecule has 0 aliphatic carbocycles. The molecule has 0 aromatic carbocycles. The molecule has 5 nitrogen and oxygen atoms in total. The second-order valence-electron chi connectivity index (χ2n) is 4.99.